The van der Waals surface area contributed by atoms with Crippen LogP contribution in [0.2, 0.25) is 0 Å². The minimum atomic E-state index is -2.62. The van der Waals surface area contributed by atoms with Crippen molar-refractivity contribution in [3.05, 3.63) is 205 Å². The molecule has 0 unspecified atom stereocenters. The molecule has 4 fully saturated rings. The van der Waals surface area contributed by atoms with Gasteiger partial charge in [-0.1, -0.05) is 72.8 Å². The summed E-state index contributed by atoms with van der Waals surface area (Å²) in [6.45, 7) is 2.87. The first-order chi connectivity index (χ1) is 49.6. The molecule has 8 N–H and O–H groups in total. The van der Waals surface area contributed by atoms with Gasteiger partial charge in [0, 0.05) is 118 Å². The number of hydrogen-bond acceptors (Lipinski definition) is 18. The van der Waals surface area contributed by atoms with Crippen LogP contribution in [0.4, 0.5) is 52.2 Å². The number of rotatable bonds is 13. The molecule has 0 radical (unpaired) electrons. The number of alkyl halides is 8. The van der Waals surface area contributed by atoms with Crippen LogP contribution >= 0.6 is 79.3 Å². The van der Waals surface area contributed by atoms with Gasteiger partial charge in [-0.3, -0.25) is 15.0 Å². The Morgan fingerprint density at radius 3 is 1.18 bits per heavy atom. The minimum Gasteiger partial charge on any atom is -0.478 e. The number of anilines is 3. The van der Waals surface area contributed by atoms with Crippen molar-refractivity contribution in [3.8, 4) is 21.4 Å². The van der Waals surface area contributed by atoms with Crippen LogP contribution < -0.4 is 31.1 Å². The highest BCUT2D eigenvalue weighted by Gasteiger charge is 2.38. The number of carboxylic acid groups (broad SMARTS) is 2. The molecular weight excluding hydrogens is 1610 g/mol. The van der Waals surface area contributed by atoms with Crippen molar-refractivity contribution in [1.29, 1.82) is 0 Å². The highest BCUT2D eigenvalue weighted by molar-refractivity contribution is 9.10. The van der Waals surface area contributed by atoms with Crippen LogP contribution in [0, 0.1) is 0 Å². The summed E-state index contributed by atoms with van der Waals surface area (Å²) in [7, 11) is 2.67. The van der Waals surface area contributed by atoms with Gasteiger partial charge in [0.15, 0.2) is 11.6 Å². The number of aromatic amines is 2. The van der Waals surface area contributed by atoms with Crippen molar-refractivity contribution in [1.82, 2.24) is 41.0 Å². The number of H-pyrrole nitrogens is 2. The van der Waals surface area contributed by atoms with Crippen LogP contribution in [0.15, 0.2) is 165 Å². The molecular formula is C71H78Br2Cl2F8N12O9S2. The van der Waals surface area contributed by atoms with Crippen LogP contribution in [0.25, 0.3) is 21.4 Å². The molecule has 13 rings (SSSR count). The van der Waals surface area contributed by atoms with Crippen molar-refractivity contribution in [3.63, 3.8) is 0 Å². The number of ether oxygens (including phenoxy) is 2. The Kier molecular flexibility index (Phi) is 35.5. The van der Waals surface area contributed by atoms with Crippen LogP contribution in [0.3, 0.4) is 0 Å². The lowest BCUT2D eigenvalue weighted by atomic mass is 10.0. The molecule has 8 heterocycles. The summed E-state index contributed by atoms with van der Waals surface area (Å²) >= 11 is 9.50. The van der Waals surface area contributed by atoms with Gasteiger partial charge in [-0.2, -0.15) is 10.2 Å². The molecule has 572 valence electrons. The highest BCUT2D eigenvalue weighted by atomic mass is 79.9. The molecule has 5 aromatic carbocycles. The fraction of sp³-hybridized carbons (Fsp3) is 0.338. The lowest BCUT2D eigenvalue weighted by molar-refractivity contribution is -0.0276. The predicted octanol–water partition coefficient (Wildman–Crippen LogP) is 16.3. The maximum absolute atomic E-state index is 13.4. The van der Waals surface area contributed by atoms with Gasteiger partial charge in [-0.25, -0.2) is 64.3 Å². The molecule has 0 bridgehead atoms. The average Bonchev–Trinajstić information content (AvgIpc) is 0.990. The van der Waals surface area contributed by atoms with Crippen LogP contribution in [-0.4, -0.2) is 161 Å². The number of methoxy groups -OCH3 is 2. The largest absolute Gasteiger partial charge is 0.478 e. The van der Waals surface area contributed by atoms with E-state index in [0.29, 0.717) is 75.1 Å². The first-order valence-electron chi connectivity index (χ1n) is 32.4. The number of hydrogen-bond donors (Lipinski definition) is 7. The summed E-state index contributed by atoms with van der Waals surface area (Å²) in [6.07, 6.45) is -1.19. The van der Waals surface area contributed by atoms with Crippen molar-refractivity contribution < 1.29 is 78.8 Å². The van der Waals surface area contributed by atoms with Crippen LogP contribution in [0.1, 0.15) is 115 Å². The third-order valence-electron chi connectivity index (χ3n) is 16.0. The maximum atomic E-state index is 13.4. The van der Waals surface area contributed by atoms with Gasteiger partial charge in [0.1, 0.15) is 11.6 Å². The fourth-order valence-corrected chi connectivity index (χ4v) is 12.6. The second kappa shape index (κ2) is 42.7. The number of amides is 1. The minimum absolute atomic E-state index is 0. The van der Waals surface area contributed by atoms with E-state index in [9.17, 15) is 59.1 Å². The third-order valence-corrected chi connectivity index (χ3v) is 19.1. The molecule has 1 amide bonds. The summed E-state index contributed by atoms with van der Waals surface area (Å²) < 4.78 is 114. The predicted molar refractivity (Wildman–Crippen MR) is 403 cm³/mol. The average molecular weight is 1690 g/mol. The Balaban J connectivity index is 0.000000230. The monoisotopic (exact) mass is 1690 g/mol. The van der Waals surface area contributed by atoms with Crippen molar-refractivity contribution in [2.45, 2.75) is 88.1 Å². The molecule has 21 nitrogen and oxygen atoms in total. The number of carbonyl (C=O) groups excluding carboxylic acids is 3. The summed E-state index contributed by atoms with van der Waals surface area (Å²) in [4.78, 5) is 72.6. The number of carbonyl (C=O) groups is 5. The van der Waals surface area contributed by atoms with E-state index in [2.05, 4.69) is 77.6 Å². The molecule has 0 spiro atoms. The van der Waals surface area contributed by atoms with Gasteiger partial charge in [0.05, 0.1) is 76.3 Å². The van der Waals surface area contributed by atoms with Gasteiger partial charge in [0.25, 0.3) is 29.6 Å². The van der Waals surface area contributed by atoms with Gasteiger partial charge >= 0.3 is 23.9 Å². The van der Waals surface area contributed by atoms with Crippen molar-refractivity contribution in [2.75, 3.05) is 81.3 Å². The normalized spacial score (nSPS) is 15.6. The SMILES string of the molecule is COC(=O)c1ccccc1Br.COC(=O)c1ccccc1N1CCC(F)(F)CC1.Cl.Cl.FC1(F)CCNCC1.NCc1nc(-c2cccs2)n[nH]1.O=C(NCc1nc(-c2cccs2)n[nH]1)c1ccccc1N1CCC(F)(F)CC1.O=C(O)c1ccccc1Br.O=C(O)c1ccccc1N1CCC(F)(F)CC1. The molecule has 0 saturated carbocycles. The summed E-state index contributed by atoms with van der Waals surface area (Å²) in [6, 6.07) is 42.1. The van der Waals surface area contributed by atoms with E-state index in [0.717, 1.165) is 25.9 Å². The van der Waals surface area contributed by atoms with Crippen molar-refractivity contribution in [2.24, 2.45) is 5.73 Å². The van der Waals surface area contributed by atoms with E-state index in [-0.39, 0.29) is 139 Å². The zero-order valence-corrected chi connectivity index (χ0v) is 63.5. The van der Waals surface area contributed by atoms with E-state index >= 15 is 0 Å². The quantitative estimate of drug-likeness (QED) is 0.0417. The van der Waals surface area contributed by atoms with Gasteiger partial charge in [-0.05, 0) is 115 Å². The molecule has 0 aliphatic carbocycles. The number of nitrogens with two attached hydrogens (primary N) is 1. The van der Waals surface area contributed by atoms with Crippen LogP contribution in [-0.2, 0) is 22.6 Å². The third kappa shape index (κ3) is 27.7. The number of nitrogens with zero attached hydrogens (tertiary/aromatic N) is 7. The molecule has 35 heteroatoms. The van der Waals surface area contributed by atoms with E-state index < -0.39 is 41.6 Å². The molecule has 4 saturated heterocycles. The highest BCUT2D eigenvalue weighted by Crippen LogP contribution is 2.36. The zero-order valence-electron chi connectivity index (χ0n) is 57.1. The number of esters is 2. The molecule has 106 heavy (non-hydrogen) atoms. The Labute approximate surface area is 643 Å². The fourth-order valence-electron chi connectivity index (χ4n) is 10.3. The van der Waals surface area contributed by atoms with Gasteiger partial charge in [0.2, 0.25) is 0 Å². The second-order valence-corrected chi connectivity index (χ2v) is 26.9. The standard InChI is InChI=1S/C19H19F2N5OS.C13H15F2NO2.C12H13F2NO2.C8H7BrO2.C7H5BrO2.C7H8N4S.C5H9F2N.2ClH/c20-19(21)7-9-26(10-8-19)14-5-2-1-4-13(14)18(27)22-12-16-23-17(25-24-16)15-6-3-11-28-15;1-18-12(17)10-4-2-3-5-11(10)16-8-6-13(14,15)7-9-16;13-12(14)5-7-15(8-6-12)10-4-2-1-3-9(10)11(16)17;1-11-8(10)6-4-2-3-5-7(6)9;8-6-4-2-1-3-5(6)7(9)10;8-4-6-9-7(11-10-6)5-2-1-3-12-5;6-5(7)1-3-8-4-2-5;;/h1-6,11H,7-10,12H2,(H,22,27)(H,23,24,25);2-5H,6-9H2,1H3;1-4H,5-8H2,(H,16,17);2-5H,1H3;1-4H,(H,9,10);1-3H,4,8H2,(H,9,10,11);8H,1-4H2;2*1H. The molecule has 4 aliphatic heterocycles. The second-order valence-electron chi connectivity index (χ2n) is 23.3. The lowest BCUT2D eigenvalue weighted by Crippen LogP contribution is -2.40. The van der Waals surface area contributed by atoms with E-state index in [1.165, 1.54) is 31.6 Å². The van der Waals surface area contributed by atoms with E-state index in [1.807, 2.05) is 57.0 Å². The molecule has 0 atom stereocenters. The number of piperidine rings is 4. The van der Waals surface area contributed by atoms with Gasteiger partial charge in [-0.15, -0.1) is 47.5 Å². The Bertz CT molecular complexity index is 4190. The van der Waals surface area contributed by atoms with Crippen LogP contribution in [0.5, 0.6) is 0 Å². The molecule has 4 aromatic heterocycles. The number of thiophene rings is 2. The summed E-state index contributed by atoms with van der Waals surface area (Å²) in [5.74, 6) is -10.6. The Morgan fingerprint density at radius 2 is 0.821 bits per heavy atom. The van der Waals surface area contributed by atoms with Crippen molar-refractivity contribution >= 4 is 126 Å². The molecule has 4 aliphatic rings. The number of carboxylic acids is 2. The number of halogens is 12. The summed E-state index contributed by atoms with van der Waals surface area (Å²) in [5.41, 5.74) is 9.14. The topological polar surface area (TPSA) is 287 Å². The lowest BCUT2D eigenvalue weighted by Gasteiger charge is -2.34. The summed E-state index contributed by atoms with van der Waals surface area (Å²) in [5, 5.41) is 41.0. The Morgan fingerprint density at radius 1 is 0.481 bits per heavy atom. The number of nitrogens with one attached hydrogen (secondary N) is 4. The number of benzene rings is 5. The number of para-hydroxylation sites is 3. The van der Waals surface area contributed by atoms with E-state index in [1.54, 1.807) is 119 Å². The Hall–Kier alpha value is -8.57. The number of aromatic nitrogens is 6. The van der Waals surface area contributed by atoms with Gasteiger partial charge < -0.3 is 50.8 Å². The number of aromatic carboxylic acids is 2. The maximum Gasteiger partial charge on any atom is 0.339 e. The van der Waals surface area contributed by atoms with E-state index in [4.69, 9.17) is 20.7 Å². The first-order valence-corrected chi connectivity index (χ1v) is 35.7. The molecule has 9 aromatic rings. The first kappa shape index (κ1) is 88.1. The smallest absolute Gasteiger partial charge is 0.339 e. The zero-order chi connectivity index (χ0) is 75.5.